The lowest BCUT2D eigenvalue weighted by atomic mass is 9.98. The smallest absolute Gasteiger partial charge is 0.323 e. The summed E-state index contributed by atoms with van der Waals surface area (Å²) < 4.78 is 0. The minimum Gasteiger partial charge on any atom is -0.323 e. The molecule has 3 rings (SSSR count). The van der Waals surface area contributed by atoms with Gasteiger partial charge in [-0.3, -0.25) is 9.69 Å². The molecule has 1 aliphatic heterocycles. The van der Waals surface area contributed by atoms with E-state index in [1.54, 1.807) is 12.1 Å². The lowest BCUT2D eigenvalue weighted by Crippen LogP contribution is -2.44. The first kappa shape index (κ1) is 12.6. The van der Waals surface area contributed by atoms with Gasteiger partial charge in [0, 0.05) is 6.20 Å². The molecule has 3 amide bonds. The van der Waals surface area contributed by atoms with Gasteiger partial charge in [-0.05, 0) is 30.5 Å². The fraction of sp³-hybridized carbons (Fsp3) is 0.429. The summed E-state index contributed by atoms with van der Waals surface area (Å²) in [6.07, 6.45) is 4.88. The molecule has 1 N–H and O–H groups in total. The Morgan fingerprint density at radius 1 is 1.40 bits per heavy atom. The third-order valence-corrected chi connectivity index (χ3v) is 3.98. The Labute approximate surface area is 116 Å². The van der Waals surface area contributed by atoms with Gasteiger partial charge in [0.15, 0.2) is 0 Å². The Hall–Kier alpha value is -2.42. The summed E-state index contributed by atoms with van der Waals surface area (Å²) in [5.74, 6) is -0.143. The highest BCUT2D eigenvalue weighted by atomic mass is 16.2. The van der Waals surface area contributed by atoms with E-state index in [-0.39, 0.29) is 24.2 Å². The SMILES string of the molecule is N#Cc1cc(CN2C(=O)NC3(CCCC3)C2=O)ccn1. The lowest BCUT2D eigenvalue weighted by molar-refractivity contribution is -0.131. The van der Waals surface area contributed by atoms with Crippen molar-refractivity contribution in [1.29, 1.82) is 5.26 Å². The second kappa shape index (κ2) is 4.60. The van der Waals surface area contributed by atoms with Crippen molar-refractivity contribution in [2.75, 3.05) is 0 Å². The van der Waals surface area contributed by atoms with E-state index < -0.39 is 5.54 Å². The van der Waals surface area contributed by atoms with E-state index in [2.05, 4.69) is 10.3 Å². The summed E-state index contributed by atoms with van der Waals surface area (Å²) in [6, 6.07) is 4.91. The molecule has 1 saturated heterocycles. The van der Waals surface area contributed by atoms with Gasteiger partial charge in [0.1, 0.15) is 17.3 Å². The Bertz CT molecular complexity index is 614. The number of rotatable bonds is 2. The molecule has 1 saturated carbocycles. The van der Waals surface area contributed by atoms with Gasteiger partial charge in [0.2, 0.25) is 0 Å². The number of pyridine rings is 1. The molecular formula is C14H14N4O2. The highest BCUT2D eigenvalue weighted by molar-refractivity contribution is 6.07. The number of amides is 3. The van der Waals surface area contributed by atoms with Crippen LogP contribution in [0.4, 0.5) is 4.79 Å². The molecular weight excluding hydrogens is 256 g/mol. The van der Waals surface area contributed by atoms with Crippen molar-refractivity contribution >= 4 is 11.9 Å². The molecule has 0 atom stereocenters. The van der Waals surface area contributed by atoms with Crippen LogP contribution in [0.25, 0.3) is 0 Å². The highest BCUT2D eigenvalue weighted by Gasteiger charge is 2.52. The van der Waals surface area contributed by atoms with Gasteiger partial charge in [-0.25, -0.2) is 9.78 Å². The predicted molar refractivity (Wildman–Crippen MR) is 69.2 cm³/mol. The predicted octanol–water partition coefficient (Wildman–Crippen LogP) is 1.32. The average molecular weight is 270 g/mol. The fourth-order valence-corrected chi connectivity index (χ4v) is 2.95. The zero-order chi connectivity index (χ0) is 14.2. The number of hydrogen-bond acceptors (Lipinski definition) is 4. The summed E-state index contributed by atoms with van der Waals surface area (Å²) >= 11 is 0. The van der Waals surface area contributed by atoms with Crippen LogP contribution >= 0.6 is 0 Å². The van der Waals surface area contributed by atoms with Gasteiger partial charge in [0.25, 0.3) is 5.91 Å². The molecule has 0 unspecified atom stereocenters. The number of carbonyl (C=O) groups is 2. The van der Waals surface area contributed by atoms with Crippen molar-refractivity contribution in [2.45, 2.75) is 37.8 Å². The van der Waals surface area contributed by atoms with Crippen LogP contribution in [0.2, 0.25) is 0 Å². The van der Waals surface area contributed by atoms with E-state index in [1.165, 1.54) is 11.1 Å². The first-order valence-corrected chi connectivity index (χ1v) is 6.64. The number of aromatic nitrogens is 1. The second-order valence-electron chi connectivity index (χ2n) is 5.27. The minimum atomic E-state index is -0.678. The highest BCUT2D eigenvalue weighted by Crippen LogP contribution is 2.35. The fourth-order valence-electron chi connectivity index (χ4n) is 2.95. The van der Waals surface area contributed by atoms with Crippen molar-refractivity contribution in [3.8, 4) is 6.07 Å². The summed E-state index contributed by atoms with van der Waals surface area (Å²) in [7, 11) is 0. The molecule has 1 aromatic rings. The van der Waals surface area contributed by atoms with Gasteiger partial charge in [-0.1, -0.05) is 12.8 Å². The molecule has 0 radical (unpaired) electrons. The summed E-state index contributed by atoms with van der Waals surface area (Å²) in [5, 5.41) is 11.7. The molecule has 1 aromatic heterocycles. The van der Waals surface area contributed by atoms with Crippen LogP contribution in [0.5, 0.6) is 0 Å². The largest absolute Gasteiger partial charge is 0.325 e. The van der Waals surface area contributed by atoms with E-state index >= 15 is 0 Å². The monoisotopic (exact) mass is 270 g/mol. The summed E-state index contributed by atoms with van der Waals surface area (Å²) in [5.41, 5.74) is 0.336. The van der Waals surface area contributed by atoms with Crippen LogP contribution in [-0.2, 0) is 11.3 Å². The van der Waals surface area contributed by atoms with Crippen LogP contribution in [0, 0.1) is 11.3 Å². The molecule has 1 aliphatic carbocycles. The van der Waals surface area contributed by atoms with Gasteiger partial charge in [-0.15, -0.1) is 0 Å². The number of nitrogens with one attached hydrogen (secondary N) is 1. The number of imide groups is 1. The zero-order valence-electron chi connectivity index (χ0n) is 10.9. The first-order chi connectivity index (χ1) is 9.64. The molecule has 102 valence electrons. The van der Waals surface area contributed by atoms with E-state index in [9.17, 15) is 9.59 Å². The third kappa shape index (κ3) is 1.92. The Morgan fingerprint density at radius 2 is 2.15 bits per heavy atom. The van der Waals surface area contributed by atoms with Gasteiger partial charge < -0.3 is 5.32 Å². The molecule has 0 bridgehead atoms. The van der Waals surface area contributed by atoms with Crippen molar-refractivity contribution < 1.29 is 9.59 Å². The number of hydrogen-bond donors (Lipinski definition) is 1. The molecule has 1 spiro atoms. The van der Waals surface area contributed by atoms with E-state index in [0.717, 1.165) is 18.4 Å². The molecule has 0 aromatic carbocycles. The van der Waals surface area contributed by atoms with Crippen LogP contribution in [0.3, 0.4) is 0 Å². The summed E-state index contributed by atoms with van der Waals surface area (Å²) in [6.45, 7) is 0.184. The average Bonchev–Trinajstić information content (AvgIpc) is 3.01. The maximum absolute atomic E-state index is 12.5. The number of urea groups is 1. The normalized spacial score (nSPS) is 20.2. The topological polar surface area (TPSA) is 86.1 Å². The second-order valence-corrected chi connectivity index (χ2v) is 5.27. The van der Waals surface area contributed by atoms with E-state index in [0.29, 0.717) is 12.8 Å². The van der Waals surface area contributed by atoms with Gasteiger partial charge in [0.05, 0.1) is 6.54 Å². The van der Waals surface area contributed by atoms with Crippen LogP contribution in [0.1, 0.15) is 36.9 Å². The quantitative estimate of drug-likeness (QED) is 0.821. The van der Waals surface area contributed by atoms with Gasteiger partial charge >= 0.3 is 6.03 Å². The Kier molecular flexibility index (Phi) is 2.90. The number of nitriles is 1. The molecule has 6 heteroatoms. The zero-order valence-corrected chi connectivity index (χ0v) is 10.9. The maximum atomic E-state index is 12.5. The van der Waals surface area contributed by atoms with Crippen LogP contribution in [-0.4, -0.2) is 27.4 Å². The van der Waals surface area contributed by atoms with Gasteiger partial charge in [-0.2, -0.15) is 5.26 Å². The molecule has 2 heterocycles. The van der Waals surface area contributed by atoms with Crippen molar-refractivity contribution in [3.63, 3.8) is 0 Å². The number of nitrogens with zero attached hydrogens (tertiary/aromatic N) is 3. The number of carbonyl (C=O) groups excluding carboxylic acids is 2. The first-order valence-electron chi connectivity index (χ1n) is 6.64. The van der Waals surface area contributed by atoms with E-state index in [4.69, 9.17) is 5.26 Å². The van der Waals surface area contributed by atoms with E-state index in [1.807, 2.05) is 6.07 Å². The van der Waals surface area contributed by atoms with Crippen molar-refractivity contribution in [1.82, 2.24) is 15.2 Å². The molecule has 20 heavy (non-hydrogen) atoms. The minimum absolute atomic E-state index is 0.143. The third-order valence-electron chi connectivity index (χ3n) is 3.98. The van der Waals surface area contributed by atoms with Crippen molar-refractivity contribution in [3.05, 3.63) is 29.6 Å². The standard InChI is InChI=1S/C14H14N4O2/c15-8-11-7-10(3-6-16-11)9-18-12(19)14(17-13(18)20)4-1-2-5-14/h3,6-7H,1-2,4-5,9H2,(H,17,20). The van der Waals surface area contributed by atoms with Crippen LogP contribution in [0.15, 0.2) is 18.3 Å². The Balaban J connectivity index is 1.82. The molecule has 2 fully saturated rings. The maximum Gasteiger partial charge on any atom is 0.325 e. The summed E-state index contributed by atoms with van der Waals surface area (Å²) in [4.78, 5) is 29.6. The van der Waals surface area contributed by atoms with Crippen molar-refractivity contribution in [2.24, 2.45) is 0 Å². The molecule has 6 nitrogen and oxygen atoms in total. The Morgan fingerprint density at radius 3 is 2.85 bits per heavy atom. The van der Waals surface area contributed by atoms with Crippen LogP contribution < -0.4 is 5.32 Å². The lowest BCUT2D eigenvalue weighted by Gasteiger charge is -2.20. The molecule has 2 aliphatic rings.